The van der Waals surface area contributed by atoms with Crippen molar-refractivity contribution in [1.29, 1.82) is 0 Å². The monoisotopic (exact) mass is 308 g/mol. The van der Waals surface area contributed by atoms with Gasteiger partial charge in [0.25, 0.3) is 5.91 Å². The quantitative estimate of drug-likeness (QED) is 0.651. The maximum atomic E-state index is 12.7. The molecule has 1 N–H and O–H groups in total. The predicted molar refractivity (Wildman–Crippen MR) is 77.3 cm³/mol. The molecule has 0 radical (unpaired) electrons. The van der Waals surface area contributed by atoms with Crippen molar-refractivity contribution in [3.05, 3.63) is 22.0 Å². The fourth-order valence-corrected chi connectivity index (χ4v) is 3.71. The van der Waals surface area contributed by atoms with Gasteiger partial charge in [-0.25, -0.2) is 0 Å². The van der Waals surface area contributed by atoms with Crippen LogP contribution in [0.3, 0.4) is 0 Å². The van der Waals surface area contributed by atoms with E-state index in [1.165, 1.54) is 11.7 Å². The van der Waals surface area contributed by atoms with Gasteiger partial charge in [-0.3, -0.25) is 19.6 Å². The number of hydrogen-bond acceptors (Lipinski definition) is 5. The van der Waals surface area contributed by atoms with Crippen LogP contribution in [-0.2, 0) is 7.05 Å². The van der Waals surface area contributed by atoms with Crippen LogP contribution >= 0.6 is 0 Å². The third-order valence-electron chi connectivity index (χ3n) is 5.03. The highest BCUT2D eigenvalue weighted by Gasteiger charge is 2.44. The van der Waals surface area contributed by atoms with E-state index in [9.17, 15) is 20.0 Å². The first-order valence-electron chi connectivity index (χ1n) is 7.60. The molecule has 2 heterocycles. The summed E-state index contributed by atoms with van der Waals surface area (Å²) in [6.45, 7) is 0.881. The van der Waals surface area contributed by atoms with Crippen LogP contribution in [0.15, 0.2) is 6.20 Å². The SMILES string of the molecule is Cn1ncc([N+](=O)[O-])c1C(=O)N1CCC2(O)CCCCC2C1. The van der Waals surface area contributed by atoms with Gasteiger partial charge in [-0.2, -0.15) is 5.10 Å². The third kappa shape index (κ3) is 2.37. The van der Waals surface area contributed by atoms with Crippen molar-refractivity contribution >= 4 is 11.6 Å². The molecule has 2 fully saturated rings. The number of fused-ring (bicyclic) bond motifs is 1. The number of piperidine rings is 1. The molecule has 3 rings (SSSR count). The van der Waals surface area contributed by atoms with Crippen molar-refractivity contribution in [2.24, 2.45) is 13.0 Å². The lowest BCUT2D eigenvalue weighted by molar-refractivity contribution is -0.385. The number of aliphatic hydroxyl groups is 1. The van der Waals surface area contributed by atoms with E-state index in [1.54, 1.807) is 4.90 Å². The molecule has 1 aliphatic heterocycles. The van der Waals surface area contributed by atoms with Gasteiger partial charge < -0.3 is 10.0 Å². The molecular formula is C14H20N4O4. The second-order valence-corrected chi connectivity index (χ2v) is 6.31. The minimum Gasteiger partial charge on any atom is -0.389 e. The topological polar surface area (TPSA) is 102 Å². The summed E-state index contributed by atoms with van der Waals surface area (Å²) in [4.78, 5) is 24.7. The van der Waals surface area contributed by atoms with Gasteiger partial charge in [0.05, 0.1) is 10.5 Å². The maximum absolute atomic E-state index is 12.7. The number of carbonyl (C=O) groups is 1. The van der Waals surface area contributed by atoms with E-state index in [0.717, 1.165) is 31.9 Å². The average Bonchev–Trinajstić information content (AvgIpc) is 2.87. The van der Waals surface area contributed by atoms with Gasteiger partial charge in [-0.15, -0.1) is 0 Å². The first kappa shape index (κ1) is 15.0. The number of carbonyl (C=O) groups excluding carboxylic acids is 1. The molecule has 1 saturated heterocycles. The Morgan fingerprint density at radius 2 is 2.27 bits per heavy atom. The Hall–Kier alpha value is -1.96. The van der Waals surface area contributed by atoms with Crippen molar-refractivity contribution in [3.63, 3.8) is 0 Å². The molecule has 8 heteroatoms. The van der Waals surface area contributed by atoms with Crippen molar-refractivity contribution in [2.45, 2.75) is 37.7 Å². The predicted octanol–water partition coefficient (Wildman–Crippen LogP) is 1.10. The summed E-state index contributed by atoms with van der Waals surface area (Å²) in [7, 11) is 1.53. The van der Waals surface area contributed by atoms with Crippen LogP contribution < -0.4 is 0 Å². The lowest BCUT2D eigenvalue weighted by Gasteiger charge is -2.47. The molecule has 120 valence electrons. The highest BCUT2D eigenvalue weighted by molar-refractivity contribution is 5.96. The lowest BCUT2D eigenvalue weighted by atomic mass is 9.71. The van der Waals surface area contributed by atoms with Crippen LogP contribution in [0.4, 0.5) is 5.69 Å². The van der Waals surface area contributed by atoms with Crippen molar-refractivity contribution in [3.8, 4) is 0 Å². The van der Waals surface area contributed by atoms with Gasteiger partial charge >= 0.3 is 5.69 Å². The Bertz CT molecular complexity index is 614. The number of amides is 1. The molecule has 22 heavy (non-hydrogen) atoms. The molecule has 1 amide bonds. The number of aryl methyl sites for hydroxylation is 1. The normalized spacial score (nSPS) is 28.3. The van der Waals surface area contributed by atoms with Crippen LogP contribution in [0, 0.1) is 16.0 Å². The van der Waals surface area contributed by atoms with Crippen molar-refractivity contribution in [2.75, 3.05) is 13.1 Å². The van der Waals surface area contributed by atoms with Gasteiger partial charge in [0.15, 0.2) is 0 Å². The van der Waals surface area contributed by atoms with E-state index < -0.39 is 10.5 Å². The van der Waals surface area contributed by atoms with Crippen molar-refractivity contribution in [1.82, 2.24) is 14.7 Å². The summed E-state index contributed by atoms with van der Waals surface area (Å²) in [6, 6.07) is 0. The summed E-state index contributed by atoms with van der Waals surface area (Å²) in [6.07, 6.45) is 5.40. The summed E-state index contributed by atoms with van der Waals surface area (Å²) in [5.74, 6) is -0.314. The highest BCUT2D eigenvalue weighted by Crippen LogP contribution is 2.40. The zero-order valence-electron chi connectivity index (χ0n) is 12.6. The Labute approximate surface area is 127 Å². The van der Waals surface area contributed by atoms with E-state index in [4.69, 9.17) is 0 Å². The van der Waals surface area contributed by atoms with Crippen LogP contribution in [-0.4, -0.2) is 49.3 Å². The lowest BCUT2D eigenvalue weighted by Crippen LogP contribution is -2.54. The van der Waals surface area contributed by atoms with Crippen LogP contribution in [0.25, 0.3) is 0 Å². The summed E-state index contributed by atoms with van der Waals surface area (Å²) < 4.78 is 1.25. The minimum atomic E-state index is -0.673. The Morgan fingerprint density at radius 1 is 1.50 bits per heavy atom. The first-order chi connectivity index (χ1) is 10.4. The molecule has 0 bridgehead atoms. The number of nitrogens with zero attached hydrogens (tertiary/aromatic N) is 4. The molecule has 1 aromatic heterocycles. The summed E-state index contributed by atoms with van der Waals surface area (Å²) in [5, 5.41) is 25.5. The van der Waals surface area contributed by atoms with E-state index in [1.807, 2.05) is 0 Å². The maximum Gasteiger partial charge on any atom is 0.320 e. The zero-order valence-corrected chi connectivity index (χ0v) is 12.6. The molecule has 2 unspecified atom stereocenters. The molecule has 0 spiro atoms. The van der Waals surface area contributed by atoms with Crippen LogP contribution in [0.1, 0.15) is 42.6 Å². The van der Waals surface area contributed by atoms with Crippen molar-refractivity contribution < 1.29 is 14.8 Å². The van der Waals surface area contributed by atoms with Gasteiger partial charge in [-0.1, -0.05) is 12.8 Å². The second-order valence-electron chi connectivity index (χ2n) is 6.31. The van der Waals surface area contributed by atoms with Gasteiger partial charge in [0.1, 0.15) is 6.20 Å². The molecule has 1 aromatic rings. The van der Waals surface area contributed by atoms with Gasteiger partial charge in [0, 0.05) is 26.1 Å². The second kappa shape index (κ2) is 5.35. The molecule has 1 saturated carbocycles. The van der Waals surface area contributed by atoms with Gasteiger partial charge in [0.2, 0.25) is 5.69 Å². The molecule has 2 atom stereocenters. The standard InChI is InChI=1S/C14H20N4O4/c1-16-12(11(8-15-16)18(21)22)13(19)17-7-6-14(20)5-3-2-4-10(14)9-17/h8,10,20H,2-7,9H2,1H3. The fourth-order valence-electron chi connectivity index (χ4n) is 3.71. The van der Waals surface area contributed by atoms with Gasteiger partial charge in [-0.05, 0) is 19.3 Å². The van der Waals surface area contributed by atoms with Crippen LogP contribution in [0.5, 0.6) is 0 Å². The smallest absolute Gasteiger partial charge is 0.320 e. The fraction of sp³-hybridized carbons (Fsp3) is 0.714. The zero-order chi connectivity index (χ0) is 15.9. The molecule has 0 aromatic carbocycles. The average molecular weight is 308 g/mol. The van der Waals surface area contributed by atoms with E-state index in [0.29, 0.717) is 19.5 Å². The number of aromatic nitrogens is 2. The Morgan fingerprint density at radius 3 is 3.00 bits per heavy atom. The van der Waals surface area contributed by atoms with E-state index in [-0.39, 0.29) is 23.2 Å². The van der Waals surface area contributed by atoms with E-state index in [2.05, 4.69) is 5.10 Å². The number of likely N-dealkylation sites (tertiary alicyclic amines) is 1. The number of hydrogen-bond donors (Lipinski definition) is 1. The summed E-state index contributed by atoms with van der Waals surface area (Å²) >= 11 is 0. The third-order valence-corrected chi connectivity index (χ3v) is 5.03. The number of rotatable bonds is 2. The highest BCUT2D eigenvalue weighted by atomic mass is 16.6. The largest absolute Gasteiger partial charge is 0.389 e. The first-order valence-corrected chi connectivity index (χ1v) is 7.60. The molecule has 2 aliphatic rings. The summed E-state index contributed by atoms with van der Waals surface area (Å²) in [5.41, 5.74) is -0.934. The molecule has 8 nitrogen and oxygen atoms in total. The number of nitro groups is 1. The van der Waals surface area contributed by atoms with E-state index >= 15 is 0 Å². The molecular weight excluding hydrogens is 288 g/mol. The van der Waals surface area contributed by atoms with Crippen LogP contribution in [0.2, 0.25) is 0 Å². The Balaban J connectivity index is 1.82. The minimum absolute atomic E-state index is 0.00579. The Kier molecular flexibility index (Phi) is 3.64. The molecule has 1 aliphatic carbocycles.